The molecular weight excluding hydrogens is 481 g/mol. The molecule has 2 amide bonds. The van der Waals surface area contributed by atoms with E-state index in [0.717, 1.165) is 34.0 Å². The van der Waals surface area contributed by atoms with Crippen LogP contribution in [-0.4, -0.2) is 32.4 Å². The number of hydrogen-bond donors (Lipinski definition) is 1. The van der Waals surface area contributed by atoms with E-state index in [2.05, 4.69) is 9.88 Å². The molecular formula is C30H26FN5O2. The van der Waals surface area contributed by atoms with Gasteiger partial charge in [0.1, 0.15) is 17.4 Å². The lowest BCUT2D eigenvalue weighted by atomic mass is 10.0. The van der Waals surface area contributed by atoms with Crippen LogP contribution in [0.3, 0.4) is 0 Å². The molecule has 1 aliphatic heterocycles. The van der Waals surface area contributed by atoms with Gasteiger partial charge in [0, 0.05) is 11.8 Å². The maximum atomic E-state index is 14.0. The highest BCUT2D eigenvalue weighted by molar-refractivity contribution is 5.91. The van der Waals surface area contributed by atoms with Crippen molar-refractivity contribution in [3.05, 3.63) is 126 Å². The van der Waals surface area contributed by atoms with Gasteiger partial charge in [0.05, 0.1) is 42.5 Å². The van der Waals surface area contributed by atoms with Crippen LogP contribution in [0.4, 0.5) is 14.9 Å². The van der Waals surface area contributed by atoms with Crippen molar-refractivity contribution in [2.45, 2.75) is 19.5 Å². The molecule has 0 saturated carbocycles. The van der Waals surface area contributed by atoms with Crippen LogP contribution in [0.1, 0.15) is 28.6 Å². The van der Waals surface area contributed by atoms with Crippen LogP contribution in [0, 0.1) is 12.7 Å². The lowest BCUT2D eigenvalue weighted by molar-refractivity contribution is 0.194. The summed E-state index contributed by atoms with van der Waals surface area (Å²) in [6.45, 7) is 2.24. The number of methoxy groups -OCH3 is 1. The molecule has 0 spiro atoms. The highest BCUT2D eigenvalue weighted by atomic mass is 19.1. The molecule has 0 radical (unpaired) electrons. The third-order valence-electron chi connectivity index (χ3n) is 6.88. The average Bonchev–Trinajstić information content (AvgIpc) is 3.50. The number of para-hydroxylation sites is 3. The van der Waals surface area contributed by atoms with Crippen molar-refractivity contribution in [2.24, 2.45) is 0 Å². The molecule has 6 rings (SSSR count). The number of benzene rings is 3. The molecule has 0 bridgehead atoms. The first-order valence-corrected chi connectivity index (χ1v) is 12.3. The highest BCUT2D eigenvalue weighted by Gasteiger charge is 2.36. The van der Waals surface area contributed by atoms with Gasteiger partial charge in [0.25, 0.3) is 0 Å². The number of ether oxygens (including phenoxy) is 1. The van der Waals surface area contributed by atoms with Gasteiger partial charge in [-0.25, -0.2) is 13.9 Å². The minimum absolute atomic E-state index is 0.290. The molecule has 3 heterocycles. The number of hydrogen-bond acceptors (Lipinski definition) is 3. The Morgan fingerprint density at radius 1 is 0.974 bits per heavy atom. The molecule has 190 valence electrons. The van der Waals surface area contributed by atoms with Crippen molar-refractivity contribution < 1.29 is 13.9 Å². The summed E-state index contributed by atoms with van der Waals surface area (Å²) in [5, 5.41) is 7.90. The van der Waals surface area contributed by atoms with E-state index < -0.39 is 6.04 Å². The molecule has 3 aromatic carbocycles. The van der Waals surface area contributed by atoms with Crippen LogP contribution in [0.2, 0.25) is 0 Å². The number of anilines is 1. The lowest BCUT2D eigenvalue weighted by Gasteiger charge is -2.31. The molecule has 2 aromatic heterocycles. The molecule has 1 N–H and O–H groups in total. The number of rotatable bonds is 4. The number of carbonyl (C=O) groups is 1. The Balaban J connectivity index is 1.53. The summed E-state index contributed by atoms with van der Waals surface area (Å²) < 4.78 is 23.4. The summed E-state index contributed by atoms with van der Waals surface area (Å²) in [5.41, 5.74) is 4.88. The zero-order chi connectivity index (χ0) is 26.2. The minimum atomic E-state index is -0.490. The van der Waals surface area contributed by atoms with E-state index in [1.807, 2.05) is 72.4 Å². The molecule has 1 aliphatic rings. The molecule has 0 aliphatic carbocycles. The topological polar surface area (TPSA) is 64.3 Å². The smallest absolute Gasteiger partial charge is 0.323 e. The van der Waals surface area contributed by atoms with Gasteiger partial charge in [-0.05, 0) is 61.0 Å². The Kier molecular flexibility index (Phi) is 5.92. The van der Waals surface area contributed by atoms with E-state index in [-0.39, 0.29) is 11.8 Å². The summed E-state index contributed by atoms with van der Waals surface area (Å²) in [4.78, 5) is 15.8. The number of amides is 2. The van der Waals surface area contributed by atoms with Crippen molar-refractivity contribution in [1.29, 1.82) is 0 Å². The molecule has 5 aromatic rings. The minimum Gasteiger partial charge on any atom is -0.495 e. The highest BCUT2D eigenvalue weighted by Crippen LogP contribution is 2.39. The average molecular weight is 508 g/mol. The van der Waals surface area contributed by atoms with Crippen LogP contribution in [-0.2, 0) is 6.54 Å². The number of carbonyl (C=O) groups excluding carboxylic acids is 1. The molecule has 0 unspecified atom stereocenters. The molecule has 38 heavy (non-hydrogen) atoms. The van der Waals surface area contributed by atoms with Crippen molar-refractivity contribution in [1.82, 2.24) is 19.2 Å². The number of fused-ring (bicyclic) bond motifs is 3. The normalized spacial score (nSPS) is 14.4. The fourth-order valence-electron chi connectivity index (χ4n) is 5.08. The molecule has 8 heteroatoms. The van der Waals surface area contributed by atoms with Crippen LogP contribution < -0.4 is 10.1 Å². The molecule has 0 saturated heterocycles. The van der Waals surface area contributed by atoms with Crippen LogP contribution in [0.5, 0.6) is 5.75 Å². The van der Waals surface area contributed by atoms with E-state index in [9.17, 15) is 9.18 Å². The first-order valence-electron chi connectivity index (χ1n) is 12.3. The number of aryl methyl sites for hydroxylation is 1. The summed E-state index contributed by atoms with van der Waals surface area (Å²) >= 11 is 0. The fraction of sp³-hybridized carbons (Fsp3) is 0.133. The maximum absolute atomic E-state index is 14.0. The van der Waals surface area contributed by atoms with E-state index >= 15 is 0 Å². The molecule has 1 atom stereocenters. The molecule has 0 fully saturated rings. The second-order valence-electron chi connectivity index (χ2n) is 9.15. The van der Waals surface area contributed by atoms with Crippen molar-refractivity contribution in [3.8, 4) is 17.3 Å². The van der Waals surface area contributed by atoms with Crippen molar-refractivity contribution >= 4 is 11.7 Å². The summed E-state index contributed by atoms with van der Waals surface area (Å²) in [6, 6.07) is 26.7. The Morgan fingerprint density at radius 2 is 1.71 bits per heavy atom. The fourth-order valence-corrected chi connectivity index (χ4v) is 5.08. The number of nitrogens with zero attached hydrogens (tertiary/aromatic N) is 4. The Labute approximate surface area is 219 Å². The first-order chi connectivity index (χ1) is 18.5. The third kappa shape index (κ3) is 4.00. The largest absolute Gasteiger partial charge is 0.495 e. The van der Waals surface area contributed by atoms with Gasteiger partial charge in [0.15, 0.2) is 0 Å². The zero-order valence-corrected chi connectivity index (χ0v) is 21.0. The number of halogens is 1. The standard InChI is InChI=1S/C30H26FN5O2/c1-20-24-19-35(30(37)32-25-11-6-7-13-27(25)38-2)28(21-14-16-22(31)17-15-21)26-12-8-18-34(26)29(24)36(33-20)23-9-4-3-5-10-23/h3-18,28H,19H2,1-2H3,(H,32,37)/t28-/m1/s1. The predicted molar refractivity (Wildman–Crippen MR) is 143 cm³/mol. The number of nitrogens with one attached hydrogen (secondary N) is 1. The molecule has 7 nitrogen and oxygen atoms in total. The predicted octanol–water partition coefficient (Wildman–Crippen LogP) is 6.26. The van der Waals surface area contributed by atoms with E-state index in [4.69, 9.17) is 9.84 Å². The number of aromatic nitrogens is 3. The van der Waals surface area contributed by atoms with Gasteiger partial charge < -0.3 is 19.5 Å². The van der Waals surface area contributed by atoms with Gasteiger partial charge in [0.2, 0.25) is 0 Å². The van der Waals surface area contributed by atoms with E-state index in [0.29, 0.717) is 18.0 Å². The van der Waals surface area contributed by atoms with Crippen molar-refractivity contribution in [2.75, 3.05) is 12.4 Å². The first kappa shape index (κ1) is 23.5. The zero-order valence-electron chi connectivity index (χ0n) is 21.0. The van der Waals surface area contributed by atoms with Crippen LogP contribution >= 0.6 is 0 Å². The SMILES string of the molecule is COc1ccccc1NC(=O)N1Cc2c(C)nn(-c3ccccc3)c2-n2cccc2[C@H]1c1ccc(F)cc1. The summed E-state index contributed by atoms with van der Waals surface area (Å²) in [6.07, 6.45) is 1.98. The monoisotopic (exact) mass is 507 g/mol. The Bertz CT molecular complexity index is 1610. The van der Waals surface area contributed by atoms with Gasteiger partial charge in [-0.1, -0.05) is 42.5 Å². The van der Waals surface area contributed by atoms with Gasteiger partial charge in [-0.15, -0.1) is 0 Å². The van der Waals surface area contributed by atoms with E-state index in [1.54, 1.807) is 36.3 Å². The lowest BCUT2D eigenvalue weighted by Crippen LogP contribution is -2.38. The van der Waals surface area contributed by atoms with Gasteiger partial charge in [-0.2, -0.15) is 5.10 Å². The second-order valence-corrected chi connectivity index (χ2v) is 9.15. The van der Waals surface area contributed by atoms with Crippen LogP contribution in [0.25, 0.3) is 11.5 Å². The summed E-state index contributed by atoms with van der Waals surface area (Å²) in [7, 11) is 1.57. The van der Waals surface area contributed by atoms with Gasteiger partial charge >= 0.3 is 6.03 Å². The maximum Gasteiger partial charge on any atom is 0.323 e. The van der Waals surface area contributed by atoms with Gasteiger partial charge in [-0.3, -0.25) is 0 Å². The Hall–Kier alpha value is -4.85. The van der Waals surface area contributed by atoms with Crippen LogP contribution in [0.15, 0.2) is 97.2 Å². The van der Waals surface area contributed by atoms with E-state index in [1.165, 1.54) is 12.1 Å². The summed E-state index contributed by atoms with van der Waals surface area (Å²) in [5.74, 6) is 1.10. The third-order valence-corrected chi connectivity index (χ3v) is 6.88. The van der Waals surface area contributed by atoms with Crippen molar-refractivity contribution in [3.63, 3.8) is 0 Å². The quantitative estimate of drug-likeness (QED) is 0.312. The Morgan fingerprint density at radius 3 is 2.47 bits per heavy atom. The second kappa shape index (κ2) is 9.55. The number of urea groups is 1.